The topological polar surface area (TPSA) is 74.6 Å². The van der Waals surface area contributed by atoms with Crippen LogP contribution in [-0.2, 0) is 16.8 Å². The van der Waals surface area contributed by atoms with Gasteiger partial charge >= 0.3 is 0 Å². The normalized spacial score (nSPS) is 26.4. The molecule has 1 aromatic rings. The minimum atomic E-state index is -0.220. The summed E-state index contributed by atoms with van der Waals surface area (Å²) in [5.74, 6) is 1.03. The van der Waals surface area contributed by atoms with Crippen LogP contribution < -0.4 is 5.73 Å². The molecule has 0 aromatic carbocycles. The van der Waals surface area contributed by atoms with Crippen LogP contribution in [0.3, 0.4) is 0 Å². The largest absolute Gasteiger partial charge is 0.404 e. The van der Waals surface area contributed by atoms with Gasteiger partial charge in [-0.3, -0.25) is 9.89 Å². The number of piperidine rings is 1. The maximum atomic E-state index is 9.28. The fourth-order valence-electron chi connectivity index (χ4n) is 4.00. The third kappa shape index (κ3) is 4.57. The lowest BCUT2D eigenvalue weighted by molar-refractivity contribution is -0.107. The summed E-state index contributed by atoms with van der Waals surface area (Å²) in [6.45, 7) is 5.61. The van der Waals surface area contributed by atoms with Crippen LogP contribution in [0.2, 0.25) is 0 Å². The maximum Gasteiger partial charge on any atom is 0.110 e. The fourth-order valence-corrected chi connectivity index (χ4v) is 5.48. The van der Waals surface area contributed by atoms with Gasteiger partial charge in [0.05, 0.1) is 6.61 Å². The second-order valence-corrected chi connectivity index (χ2v) is 9.25. The summed E-state index contributed by atoms with van der Waals surface area (Å²) in [6.07, 6.45) is 8.50. The van der Waals surface area contributed by atoms with Crippen LogP contribution >= 0.6 is 23.1 Å². The number of likely N-dealkylation sites (tertiary alicyclic amines) is 1. The molecule has 1 aromatic heterocycles. The fraction of sp³-hybridized carbons (Fsp3) is 0.600. The van der Waals surface area contributed by atoms with E-state index in [-0.39, 0.29) is 5.60 Å². The second-order valence-electron chi connectivity index (χ2n) is 7.21. The van der Waals surface area contributed by atoms with Crippen molar-refractivity contribution in [3.63, 3.8) is 0 Å². The molecule has 1 fully saturated rings. The Labute approximate surface area is 170 Å². The molecule has 2 aliphatic heterocycles. The van der Waals surface area contributed by atoms with Gasteiger partial charge in [-0.2, -0.15) is 17.0 Å². The average Bonchev–Trinajstić information content (AvgIpc) is 3.11. The first-order chi connectivity index (χ1) is 13.1. The smallest absolute Gasteiger partial charge is 0.110 e. The van der Waals surface area contributed by atoms with E-state index in [1.54, 1.807) is 29.3 Å². The number of fused-ring (bicyclic) bond motifs is 2. The Kier molecular flexibility index (Phi) is 6.99. The number of nitrogens with zero attached hydrogens (tertiary/aromatic N) is 3. The van der Waals surface area contributed by atoms with Gasteiger partial charge < -0.3 is 10.5 Å². The molecule has 146 valence electrons. The van der Waals surface area contributed by atoms with E-state index in [1.807, 2.05) is 6.21 Å². The number of hydrogen-bond acceptors (Lipinski definition) is 7. The minimum Gasteiger partial charge on any atom is -0.404 e. The molecule has 0 aliphatic carbocycles. The predicted molar refractivity (Wildman–Crippen MR) is 115 cm³/mol. The zero-order valence-electron chi connectivity index (χ0n) is 16.1. The van der Waals surface area contributed by atoms with Crippen molar-refractivity contribution in [3.8, 4) is 6.07 Å². The molecule has 2 atom stereocenters. The highest BCUT2D eigenvalue weighted by atomic mass is 32.2. The number of aliphatic imine (C=N–C) groups is 1. The van der Waals surface area contributed by atoms with Crippen LogP contribution in [0.25, 0.3) is 0 Å². The van der Waals surface area contributed by atoms with Crippen molar-refractivity contribution < 1.29 is 4.74 Å². The molecule has 1 saturated heterocycles. The highest BCUT2D eigenvalue weighted by Gasteiger charge is 2.44. The van der Waals surface area contributed by atoms with Gasteiger partial charge in [0.15, 0.2) is 0 Å². The van der Waals surface area contributed by atoms with Crippen LogP contribution in [0.4, 0.5) is 0 Å². The molecule has 1 unspecified atom stereocenters. The van der Waals surface area contributed by atoms with E-state index in [1.165, 1.54) is 10.4 Å². The van der Waals surface area contributed by atoms with Crippen molar-refractivity contribution in [2.45, 2.75) is 37.8 Å². The van der Waals surface area contributed by atoms with Crippen molar-refractivity contribution in [2.24, 2.45) is 10.7 Å². The molecule has 0 bridgehead atoms. The Hall–Kier alpha value is -1.33. The molecule has 0 radical (unpaired) electrons. The number of nitrogens with two attached hydrogens (primary N) is 1. The van der Waals surface area contributed by atoms with Gasteiger partial charge in [0.2, 0.25) is 0 Å². The first-order valence-electron chi connectivity index (χ1n) is 9.42. The standard InChI is InChI=1S/C20H28N4OS2/c1-15-10-20(19-17(3-7-25-20)9-18(12-22)27-19)4-6-24(15)14-16(11-21)13-23-5-8-26-2/h9,11,13,15H,3-8,10,14,21H2,1-2H3/t15-,20?/m0/s1. The average molecular weight is 405 g/mol. The van der Waals surface area contributed by atoms with Gasteiger partial charge in [0, 0.05) is 42.5 Å². The maximum absolute atomic E-state index is 9.28. The molecular formula is C20H28N4OS2. The predicted octanol–water partition coefficient (Wildman–Crippen LogP) is 3.15. The number of thiophene rings is 1. The minimum absolute atomic E-state index is 0.220. The molecule has 7 heteroatoms. The lowest BCUT2D eigenvalue weighted by Gasteiger charge is -2.47. The van der Waals surface area contributed by atoms with E-state index < -0.39 is 0 Å². The van der Waals surface area contributed by atoms with Crippen molar-refractivity contribution in [3.05, 3.63) is 33.2 Å². The zero-order chi connectivity index (χ0) is 19.3. The van der Waals surface area contributed by atoms with Crippen molar-refractivity contribution in [2.75, 3.05) is 38.2 Å². The monoisotopic (exact) mass is 404 g/mol. The van der Waals surface area contributed by atoms with Crippen LogP contribution in [0, 0.1) is 11.3 Å². The Morgan fingerprint density at radius 2 is 2.48 bits per heavy atom. The van der Waals surface area contributed by atoms with Crippen molar-refractivity contribution in [1.82, 2.24) is 4.90 Å². The summed E-state index contributed by atoms with van der Waals surface area (Å²) in [4.78, 5) is 9.02. The zero-order valence-corrected chi connectivity index (χ0v) is 17.7. The highest BCUT2D eigenvalue weighted by Crippen LogP contribution is 2.46. The highest BCUT2D eigenvalue weighted by molar-refractivity contribution is 7.98. The second kappa shape index (κ2) is 9.24. The number of hydrogen-bond donors (Lipinski definition) is 1. The molecule has 3 rings (SSSR count). The molecule has 5 nitrogen and oxygen atoms in total. The summed E-state index contributed by atoms with van der Waals surface area (Å²) in [5, 5.41) is 9.28. The Morgan fingerprint density at radius 3 is 3.19 bits per heavy atom. The van der Waals surface area contributed by atoms with Crippen LogP contribution in [0.15, 0.2) is 22.8 Å². The number of ether oxygens (including phenoxy) is 1. The van der Waals surface area contributed by atoms with E-state index in [0.717, 1.165) is 61.7 Å². The van der Waals surface area contributed by atoms with Crippen LogP contribution in [0.1, 0.15) is 35.1 Å². The number of thioether (sulfide) groups is 1. The van der Waals surface area contributed by atoms with Crippen LogP contribution in [-0.4, -0.2) is 55.4 Å². The summed E-state index contributed by atoms with van der Waals surface area (Å²) < 4.78 is 6.34. The molecule has 3 heterocycles. The van der Waals surface area contributed by atoms with Gasteiger partial charge in [0.25, 0.3) is 0 Å². The molecule has 0 amide bonds. The van der Waals surface area contributed by atoms with Gasteiger partial charge in [0.1, 0.15) is 16.5 Å². The molecule has 2 N–H and O–H groups in total. The molecule has 1 spiro atoms. The molecular weight excluding hydrogens is 376 g/mol. The van der Waals surface area contributed by atoms with Gasteiger partial charge in [-0.05, 0) is 55.8 Å². The van der Waals surface area contributed by atoms with Gasteiger partial charge in [-0.1, -0.05) is 0 Å². The van der Waals surface area contributed by atoms with Crippen molar-refractivity contribution >= 4 is 29.3 Å². The lowest BCUT2D eigenvalue weighted by atomic mass is 9.82. The van der Waals surface area contributed by atoms with Crippen LogP contribution in [0.5, 0.6) is 0 Å². The summed E-state index contributed by atoms with van der Waals surface area (Å²) in [6, 6.07) is 4.74. The van der Waals surface area contributed by atoms with E-state index in [2.05, 4.69) is 35.2 Å². The van der Waals surface area contributed by atoms with E-state index in [4.69, 9.17) is 10.5 Å². The quantitative estimate of drug-likeness (QED) is 0.582. The number of rotatable bonds is 6. The summed E-state index contributed by atoms with van der Waals surface area (Å²) in [5.41, 5.74) is 7.98. The van der Waals surface area contributed by atoms with Gasteiger partial charge in [-0.15, -0.1) is 11.3 Å². The lowest BCUT2D eigenvalue weighted by Crippen LogP contribution is -2.50. The molecule has 27 heavy (non-hydrogen) atoms. The first-order valence-corrected chi connectivity index (χ1v) is 11.6. The summed E-state index contributed by atoms with van der Waals surface area (Å²) in [7, 11) is 0. The first kappa shape index (κ1) is 20.4. The Balaban J connectivity index is 1.67. The third-order valence-electron chi connectivity index (χ3n) is 5.42. The van der Waals surface area contributed by atoms with E-state index in [0.29, 0.717) is 6.04 Å². The number of nitriles is 1. The summed E-state index contributed by atoms with van der Waals surface area (Å²) >= 11 is 3.42. The van der Waals surface area contributed by atoms with E-state index >= 15 is 0 Å². The Bertz CT molecular complexity index is 752. The van der Waals surface area contributed by atoms with E-state index in [9.17, 15) is 5.26 Å². The molecule has 0 saturated carbocycles. The Morgan fingerprint density at radius 1 is 1.63 bits per heavy atom. The third-order valence-corrected chi connectivity index (χ3v) is 7.27. The molecule has 2 aliphatic rings. The SMILES string of the molecule is CSCCN=CC(=CN)CN1CCC2(C[C@@H]1C)OCCc1cc(C#N)sc12. The van der Waals surface area contributed by atoms with Crippen molar-refractivity contribution in [1.29, 1.82) is 5.26 Å². The van der Waals surface area contributed by atoms with Gasteiger partial charge in [-0.25, -0.2) is 0 Å².